The molecule has 0 aromatic heterocycles. The second-order valence-electron chi connectivity index (χ2n) is 3.71. The molecule has 8 nitrogen and oxygen atoms in total. The Morgan fingerprint density at radius 2 is 2.21 bits per heavy atom. The number of aliphatic hydroxyl groups excluding tert-OH is 1. The highest BCUT2D eigenvalue weighted by Crippen LogP contribution is 2.31. The predicted molar refractivity (Wildman–Crippen MR) is 64.2 cm³/mol. The minimum absolute atomic E-state index is 0.0266. The third-order valence-electron chi connectivity index (χ3n) is 2.35. The molecule has 2 unspecified atom stereocenters. The maximum atomic E-state index is 11.5. The minimum atomic E-state index is -1.92. The molecule has 1 rings (SSSR count). The molecule has 0 radical (unpaired) electrons. The summed E-state index contributed by atoms with van der Waals surface area (Å²) in [6.45, 7) is 0.479. The third kappa shape index (κ3) is 4.46. The smallest absolute Gasteiger partial charge is 0.354 e. The van der Waals surface area contributed by atoms with E-state index < -0.39 is 23.5 Å². The molecule has 0 bridgehead atoms. The average Bonchev–Trinajstić information content (AvgIpc) is 2.33. The predicted octanol–water partition coefficient (Wildman–Crippen LogP) is -1.13. The number of rotatable bonds is 8. The van der Waals surface area contributed by atoms with Gasteiger partial charge in [0.1, 0.15) is 6.61 Å². The molecule has 1 aliphatic rings. The second kappa shape index (κ2) is 7.43. The third-order valence-corrected chi connectivity index (χ3v) is 3.40. The van der Waals surface area contributed by atoms with Crippen molar-refractivity contribution in [2.24, 2.45) is 0 Å². The number of methoxy groups -OCH3 is 1. The summed E-state index contributed by atoms with van der Waals surface area (Å²) in [4.78, 5) is 34.0. The van der Waals surface area contributed by atoms with E-state index in [1.54, 1.807) is 0 Å². The molecule has 1 saturated heterocycles. The molecule has 1 heterocycles. The Labute approximate surface area is 113 Å². The van der Waals surface area contributed by atoms with Crippen molar-refractivity contribution in [1.29, 1.82) is 0 Å². The van der Waals surface area contributed by atoms with Crippen molar-refractivity contribution in [3.63, 3.8) is 0 Å². The lowest BCUT2D eigenvalue weighted by Gasteiger charge is -2.40. The molecule has 0 aliphatic carbocycles. The summed E-state index contributed by atoms with van der Waals surface area (Å²) in [6, 6.07) is 0. The van der Waals surface area contributed by atoms with Crippen LogP contribution in [0.1, 0.15) is 6.42 Å². The van der Waals surface area contributed by atoms with Crippen molar-refractivity contribution < 1.29 is 34.1 Å². The van der Waals surface area contributed by atoms with E-state index in [0.717, 1.165) is 16.7 Å². The van der Waals surface area contributed by atoms with Gasteiger partial charge in [-0.2, -0.15) is 0 Å². The molecule has 0 aromatic carbocycles. The largest absolute Gasteiger partial charge is 0.478 e. The zero-order valence-corrected chi connectivity index (χ0v) is 11.1. The normalized spacial score (nSPS) is 20.0. The molecule has 0 saturated carbocycles. The van der Waals surface area contributed by atoms with Gasteiger partial charge in [-0.05, 0) is 0 Å². The van der Waals surface area contributed by atoms with E-state index in [-0.39, 0.29) is 24.7 Å². The molecule has 0 aromatic rings. The van der Waals surface area contributed by atoms with Crippen molar-refractivity contribution >= 4 is 28.8 Å². The van der Waals surface area contributed by atoms with Gasteiger partial charge in [-0.15, -0.1) is 0 Å². The number of aliphatic hydroxyl groups is 1. The Balaban J connectivity index is 2.34. The van der Waals surface area contributed by atoms with Gasteiger partial charge >= 0.3 is 5.97 Å². The number of hydrogen-bond acceptors (Lipinski definition) is 7. The van der Waals surface area contributed by atoms with Gasteiger partial charge < -0.3 is 19.7 Å². The molecular weight excluding hydrogens is 278 g/mol. The molecule has 1 amide bonds. The lowest BCUT2D eigenvalue weighted by Crippen LogP contribution is -2.58. The van der Waals surface area contributed by atoms with Gasteiger partial charge in [0.2, 0.25) is 17.3 Å². The lowest BCUT2D eigenvalue weighted by atomic mass is 10.2. The number of thioether (sulfide) groups is 1. The molecule has 2 atom stereocenters. The fraction of sp³-hybridized carbons (Fsp3) is 0.700. The monoisotopic (exact) mass is 293 g/mol. The molecule has 0 spiro atoms. The van der Waals surface area contributed by atoms with E-state index in [2.05, 4.69) is 0 Å². The second-order valence-corrected chi connectivity index (χ2v) is 4.94. The summed E-state index contributed by atoms with van der Waals surface area (Å²) in [5.41, 5.74) is 0. The topological polar surface area (TPSA) is 113 Å². The van der Waals surface area contributed by atoms with Crippen LogP contribution in [0.15, 0.2) is 0 Å². The minimum Gasteiger partial charge on any atom is -0.478 e. The van der Waals surface area contributed by atoms with E-state index in [9.17, 15) is 19.5 Å². The first kappa shape index (κ1) is 15.9. The van der Waals surface area contributed by atoms with Crippen LogP contribution in [-0.4, -0.2) is 70.6 Å². The van der Waals surface area contributed by atoms with Crippen LogP contribution in [0, 0.1) is 0 Å². The Morgan fingerprint density at radius 1 is 1.53 bits per heavy atom. The van der Waals surface area contributed by atoms with E-state index in [1.807, 2.05) is 0 Å². The zero-order valence-electron chi connectivity index (χ0n) is 10.3. The maximum Gasteiger partial charge on any atom is 0.354 e. The first-order valence-corrected chi connectivity index (χ1v) is 6.33. The highest BCUT2D eigenvalue weighted by Gasteiger charge is 2.44. The van der Waals surface area contributed by atoms with E-state index in [0.29, 0.717) is 6.61 Å². The fourth-order valence-electron chi connectivity index (χ4n) is 1.40. The van der Waals surface area contributed by atoms with Crippen LogP contribution in [0.3, 0.4) is 0 Å². The maximum absolute atomic E-state index is 11.5. The number of carboxylic acids is 1. The van der Waals surface area contributed by atoms with Gasteiger partial charge in [0.25, 0.3) is 0 Å². The number of ether oxygens (including phenoxy) is 2. The van der Waals surface area contributed by atoms with E-state index in [1.165, 1.54) is 7.11 Å². The summed E-state index contributed by atoms with van der Waals surface area (Å²) in [5, 5.41) is 16.9. The highest BCUT2D eigenvalue weighted by molar-refractivity contribution is 8.14. The van der Waals surface area contributed by atoms with Crippen LogP contribution < -0.4 is 0 Å². The molecule has 19 heavy (non-hydrogen) atoms. The van der Waals surface area contributed by atoms with Crippen LogP contribution in [0.4, 0.5) is 0 Å². The Kier molecular flexibility index (Phi) is 6.22. The molecule has 1 aliphatic heterocycles. The van der Waals surface area contributed by atoms with Gasteiger partial charge in [-0.25, -0.2) is 4.79 Å². The van der Waals surface area contributed by atoms with Gasteiger partial charge in [-0.1, -0.05) is 11.8 Å². The highest BCUT2D eigenvalue weighted by atomic mass is 32.2. The number of nitrogens with zero attached hydrogens (tertiary/aromatic N) is 1. The van der Waals surface area contributed by atoms with Crippen molar-refractivity contribution in [2.45, 2.75) is 18.0 Å². The first-order valence-electron chi connectivity index (χ1n) is 5.45. The first-order chi connectivity index (χ1) is 8.97. The molecule has 9 heteroatoms. The standard InChI is InChI=1S/C10H15NO7S/c1-17-2-3-18-5-8(13)19-7-4-6(12)11(7)9(14)10(15)16/h7,9,14H,2-5H2,1H3,(H,15,16). The summed E-state index contributed by atoms with van der Waals surface area (Å²) in [7, 11) is 1.51. The fourth-order valence-corrected chi connectivity index (χ4v) is 2.42. The van der Waals surface area contributed by atoms with Crippen molar-refractivity contribution in [3.8, 4) is 0 Å². The Morgan fingerprint density at radius 3 is 2.74 bits per heavy atom. The van der Waals surface area contributed by atoms with Crippen LogP contribution in [-0.2, 0) is 23.9 Å². The number of carbonyl (C=O) groups is 3. The number of aliphatic carboxylic acids is 1. The molecule has 108 valence electrons. The summed E-state index contributed by atoms with van der Waals surface area (Å²) < 4.78 is 9.73. The van der Waals surface area contributed by atoms with Gasteiger partial charge in [0, 0.05) is 7.11 Å². The number of amides is 1. The molecular formula is C10H15NO7S. The lowest BCUT2D eigenvalue weighted by molar-refractivity contribution is -0.174. The number of carboxylic acid groups (broad SMARTS) is 1. The summed E-state index contributed by atoms with van der Waals surface area (Å²) in [6.07, 6.45) is -1.89. The van der Waals surface area contributed by atoms with Gasteiger partial charge in [-0.3, -0.25) is 14.5 Å². The number of hydrogen-bond donors (Lipinski definition) is 2. The average molecular weight is 293 g/mol. The van der Waals surface area contributed by atoms with Crippen LogP contribution in [0.25, 0.3) is 0 Å². The Hall–Kier alpha value is -1.16. The summed E-state index contributed by atoms with van der Waals surface area (Å²) in [5.74, 6) is -2.03. The van der Waals surface area contributed by atoms with Crippen molar-refractivity contribution in [1.82, 2.24) is 4.90 Å². The zero-order chi connectivity index (χ0) is 14.4. The van der Waals surface area contributed by atoms with Crippen LogP contribution in [0.5, 0.6) is 0 Å². The quantitative estimate of drug-likeness (QED) is 0.427. The van der Waals surface area contributed by atoms with Crippen LogP contribution >= 0.6 is 11.8 Å². The van der Waals surface area contributed by atoms with Crippen molar-refractivity contribution in [2.75, 3.05) is 26.9 Å². The number of likely N-dealkylation sites (tertiary alicyclic amines) is 1. The Bertz CT molecular complexity index is 362. The van der Waals surface area contributed by atoms with Crippen molar-refractivity contribution in [3.05, 3.63) is 0 Å². The molecule has 2 N–H and O–H groups in total. The SMILES string of the molecule is COCCOCC(=O)SC1CC(=O)N1C(O)C(=O)O. The van der Waals surface area contributed by atoms with E-state index in [4.69, 9.17) is 14.6 Å². The van der Waals surface area contributed by atoms with Gasteiger partial charge in [0.15, 0.2) is 0 Å². The van der Waals surface area contributed by atoms with Gasteiger partial charge in [0.05, 0.1) is 25.0 Å². The molecule has 1 fully saturated rings. The van der Waals surface area contributed by atoms with E-state index >= 15 is 0 Å². The number of carbonyl (C=O) groups excluding carboxylic acids is 2. The summed E-state index contributed by atoms with van der Waals surface area (Å²) >= 11 is 0.779. The number of β-lactam (4-membered cyclic amide) rings is 1. The van der Waals surface area contributed by atoms with Crippen LogP contribution in [0.2, 0.25) is 0 Å².